The van der Waals surface area contributed by atoms with Gasteiger partial charge in [-0.25, -0.2) is 9.97 Å². The molecule has 9 aromatic carbocycles. The van der Waals surface area contributed by atoms with Crippen LogP contribution in [0.25, 0.3) is 76.1 Å². The van der Waals surface area contributed by atoms with Gasteiger partial charge in [0.15, 0.2) is 0 Å². The molecule has 0 radical (unpaired) electrons. The van der Waals surface area contributed by atoms with Gasteiger partial charge in [-0.15, -0.1) is 11.3 Å². The van der Waals surface area contributed by atoms with Crippen molar-refractivity contribution in [1.29, 1.82) is 0 Å². The van der Waals surface area contributed by atoms with Crippen LogP contribution in [0.1, 0.15) is 63.2 Å². The Bertz CT molecular complexity index is 4240. The van der Waals surface area contributed by atoms with E-state index in [0.717, 1.165) is 46.7 Å². The average molecular weight is 959 g/mol. The minimum atomic E-state index is -0.676. The Morgan fingerprint density at radius 1 is 0.419 bits per heavy atom. The molecule has 5 aliphatic carbocycles. The van der Waals surface area contributed by atoms with E-state index in [9.17, 15) is 0 Å². The first-order chi connectivity index (χ1) is 36.7. The summed E-state index contributed by atoms with van der Waals surface area (Å²) >= 11 is 1.91. The van der Waals surface area contributed by atoms with E-state index in [-0.39, 0.29) is 0 Å². The number of thiophene rings is 1. The predicted molar refractivity (Wildman–Crippen MR) is 306 cm³/mol. The number of fused-ring (bicyclic) bond motifs is 22. The Hall–Kier alpha value is -8.76. The van der Waals surface area contributed by atoms with Crippen LogP contribution in [0, 0.1) is 0 Å². The monoisotopic (exact) mass is 958 g/mol. The molecule has 2 spiro atoms. The van der Waals surface area contributed by atoms with E-state index >= 15 is 0 Å². The minimum absolute atomic E-state index is 0.396. The topological polar surface area (TPSA) is 25.8 Å². The predicted octanol–water partition coefficient (Wildman–Crippen LogP) is 17.5. The zero-order chi connectivity index (χ0) is 48.6. The second-order valence-corrected chi connectivity index (χ2v) is 21.8. The van der Waals surface area contributed by atoms with Crippen LogP contribution in [0.5, 0.6) is 0 Å². The highest BCUT2D eigenvalue weighted by Crippen LogP contribution is 2.69. The summed E-state index contributed by atoms with van der Waals surface area (Å²) in [4.78, 5) is 11.2. The minimum Gasteiger partial charge on any atom is -0.232 e. The van der Waals surface area contributed by atoms with Gasteiger partial charge in [-0.05, 0) is 115 Å². The molecule has 0 aliphatic heterocycles. The number of allylic oxidation sites excluding steroid dienone is 8. The van der Waals surface area contributed by atoms with E-state index in [4.69, 9.17) is 9.97 Å². The molecule has 5 aliphatic rings. The summed E-state index contributed by atoms with van der Waals surface area (Å²) in [5.41, 5.74) is 21.9. The van der Waals surface area contributed by atoms with Crippen LogP contribution in [0.15, 0.2) is 260 Å². The second-order valence-electron chi connectivity index (χ2n) is 20.7. The molecule has 0 saturated carbocycles. The second kappa shape index (κ2) is 15.6. The van der Waals surface area contributed by atoms with E-state index in [0.29, 0.717) is 0 Å². The molecule has 3 heteroatoms. The van der Waals surface area contributed by atoms with Crippen LogP contribution < -0.4 is 0 Å². The lowest BCUT2D eigenvalue weighted by Gasteiger charge is -2.49. The van der Waals surface area contributed by atoms with Crippen LogP contribution >= 0.6 is 11.3 Å². The molecule has 0 fully saturated rings. The van der Waals surface area contributed by atoms with E-state index in [1.807, 2.05) is 11.3 Å². The lowest BCUT2D eigenvalue weighted by atomic mass is 9.52. The van der Waals surface area contributed by atoms with Gasteiger partial charge in [0.25, 0.3) is 0 Å². The van der Waals surface area contributed by atoms with E-state index < -0.39 is 16.2 Å². The molecule has 0 saturated heterocycles. The van der Waals surface area contributed by atoms with Crippen molar-refractivity contribution in [3.8, 4) is 55.9 Å². The zero-order valence-electron chi connectivity index (χ0n) is 40.5. The van der Waals surface area contributed by atoms with Gasteiger partial charge < -0.3 is 0 Å². The summed E-state index contributed by atoms with van der Waals surface area (Å²) in [6.45, 7) is 0. The molecule has 11 aromatic rings. The van der Waals surface area contributed by atoms with Crippen LogP contribution in [0.4, 0.5) is 0 Å². The van der Waals surface area contributed by atoms with E-state index in [1.54, 1.807) is 0 Å². The molecule has 2 aromatic heterocycles. The van der Waals surface area contributed by atoms with Crippen molar-refractivity contribution in [3.05, 3.63) is 311 Å². The molecular weight excluding hydrogens is 913 g/mol. The fraction of sp³-hybridized carbons (Fsp3) is 0.0704. The van der Waals surface area contributed by atoms with Crippen molar-refractivity contribution in [2.75, 3.05) is 0 Å². The maximum absolute atomic E-state index is 5.70. The number of benzene rings is 9. The van der Waals surface area contributed by atoms with Gasteiger partial charge in [-0.3, -0.25) is 0 Å². The Labute approximate surface area is 434 Å². The summed E-state index contributed by atoms with van der Waals surface area (Å²) < 4.78 is 2.61. The highest BCUT2D eigenvalue weighted by atomic mass is 32.1. The third-order valence-corrected chi connectivity index (χ3v) is 18.2. The SMILES string of the molecule is C1=CC2(c3nc(-c4ccccc4)cc(-c4ccccc4-c4cccc5c4-c4ccc6sc7ccccc7c6c4C54c5ccccc5C5(c6ccccc6-c6ccccc65)c5ccccc54)n3)C/C=C\C=C/C(=C1)C2. The normalized spacial score (nSPS) is 18.4. The summed E-state index contributed by atoms with van der Waals surface area (Å²) in [5.74, 6) is 0.846. The Balaban J connectivity index is 1.01. The summed E-state index contributed by atoms with van der Waals surface area (Å²) in [5, 5.41) is 2.65. The third kappa shape index (κ3) is 5.49. The quantitative estimate of drug-likeness (QED) is 0.176. The molecular formula is C71H46N2S. The number of hydrogen-bond acceptors (Lipinski definition) is 3. The largest absolute Gasteiger partial charge is 0.232 e. The van der Waals surface area contributed by atoms with Gasteiger partial charge in [0.05, 0.1) is 27.6 Å². The van der Waals surface area contributed by atoms with Crippen LogP contribution in [0.2, 0.25) is 0 Å². The number of rotatable bonds is 4. The van der Waals surface area contributed by atoms with Gasteiger partial charge in [0.1, 0.15) is 5.82 Å². The summed E-state index contributed by atoms with van der Waals surface area (Å²) in [6.07, 6.45) is 17.2. The Morgan fingerprint density at radius 2 is 1.01 bits per heavy atom. The molecule has 2 heterocycles. The molecule has 0 N–H and O–H groups in total. The molecule has 16 rings (SSSR count). The first-order valence-corrected chi connectivity index (χ1v) is 26.7. The smallest absolute Gasteiger partial charge is 0.140 e. The van der Waals surface area contributed by atoms with Gasteiger partial charge in [0, 0.05) is 31.3 Å². The lowest BCUT2D eigenvalue weighted by Crippen LogP contribution is -2.43. The zero-order valence-corrected chi connectivity index (χ0v) is 41.3. The fourth-order valence-electron chi connectivity index (χ4n) is 14.2. The lowest BCUT2D eigenvalue weighted by molar-refractivity contribution is 0.500. The molecule has 2 nitrogen and oxygen atoms in total. The summed E-state index contributed by atoms with van der Waals surface area (Å²) in [6, 6.07) is 80.2. The van der Waals surface area contributed by atoms with Crippen LogP contribution in [-0.4, -0.2) is 9.97 Å². The molecule has 0 amide bonds. The van der Waals surface area contributed by atoms with Crippen molar-refractivity contribution in [2.45, 2.75) is 29.1 Å². The highest BCUT2D eigenvalue weighted by molar-refractivity contribution is 7.25. The third-order valence-electron chi connectivity index (χ3n) is 17.1. The van der Waals surface area contributed by atoms with Crippen molar-refractivity contribution >= 4 is 31.5 Å². The molecule has 2 bridgehead atoms. The Kier molecular flexibility index (Phi) is 8.83. The van der Waals surface area contributed by atoms with Gasteiger partial charge >= 0.3 is 0 Å². The van der Waals surface area contributed by atoms with Gasteiger partial charge in [-0.2, -0.15) is 0 Å². The standard InChI is InChI=1S/C71H46N2S/c1-4-23-46(24-5-1)61-43-62(73-68(72-61)69-41-18-2-3-21-45(44-69)22-20-42-69)50-28-7-6-25-47(50)51-30-19-37-60-65(51)53-39-40-64-66(52-29-10-17-38-63(52)74-64)67(53)71(60)58-35-15-13-33-56(58)70(57-34-14-16-36-59(57)71)54-31-11-8-26-48(54)49-27-9-12-32-55(49)70/h1-40,42-43H,41,44H2/b18-2-,21-3-. The molecule has 1 atom stereocenters. The van der Waals surface area contributed by atoms with E-state index in [1.165, 1.54) is 98.1 Å². The average Bonchev–Trinajstić information content (AvgIpc) is 4.28. The summed E-state index contributed by atoms with van der Waals surface area (Å²) in [7, 11) is 0. The number of nitrogens with zero attached hydrogens (tertiary/aromatic N) is 2. The van der Waals surface area contributed by atoms with Gasteiger partial charge in [0.2, 0.25) is 0 Å². The van der Waals surface area contributed by atoms with Crippen LogP contribution in [-0.2, 0) is 16.2 Å². The fourth-order valence-corrected chi connectivity index (χ4v) is 15.4. The van der Waals surface area contributed by atoms with Gasteiger partial charge in [-0.1, -0.05) is 237 Å². The Morgan fingerprint density at radius 3 is 1.76 bits per heavy atom. The van der Waals surface area contributed by atoms with Crippen molar-refractivity contribution < 1.29 is 0 Å². The number of hydrogen-bond donors (Lipinski definition) is 0. The van der Waals surface area contributed by atoms with Crippen molar-refractivity contribution in [2.24, 2.45) is 0 Å². The number of aromatic nitrogens is 2. The van der Waals surface area contributed by atoms with Crippen molar-refractivity contribution in [1.82, 2.24) is 9.97 Å². The first kappa shape index (κ1) is 41.8. The van der Waals surface area contributed by atoms with Crippen molar-refractivity contribution in [3.63, 3.8) is 0 Å². The maximum atomic E-state index is 5.70. The van der Waals surface area contributed by atoms with Crippen LogP contribution in [0.3, 0.4) is 0 Å². The molecule has 74 heavy (non-hydrogen) atoms. The van der Waals surface area contributed by atoms with E-state index in [2.05, 4.69) is 255 Å². The molecule has 346 valence electrons. The maximum Gasteiger partial charge on any atom is 0.140 e. The highest BCUT2D eigenvalue weighted by Gasteiger charge is 2.59. The first-order valence-electron chi connectivity index (χ1n) is 25.9. The molecule has 1 unspecified atom stereocenters.